The number of nitrogens with one attached hydrogen (secondary N) is 1. The molecule has 120 valence electrons. The van der Waals surface area contributed by atoms with Crippen molar-refractivity contribution < 1.29 is 4.79 Å². The lowest BCUT2D eigenvalue weighted by Crippen LogP contribution is -2.31. The molecule has 1 N–H and O–H groups in total. The Morgan fingerprint density at radius 2 is 2.13 bits per heavy atom. The van der Waals surface area contributed by atoms with Crippen LogP contribution in [0.25, 0.3) is 0 Å². The number of fused-ring (bicyclic) bond motifs is 1. The van der Waals surface area contributed by atoms with Gasteiger partial charge >= 0.3 is 0 Å². The number of carbonyl (C=O) groups excluding carboxylic acids is 1. The molecule has 0 atom stereocenters. The molecule has 1 heterocycles. The zero-order valence-electron chi connectivity index (χ0n) is 12.9. The topological polar surface area (TPSA) is 64.0 Å². The summed E-state index contributed by atoms with van der Waals surface area (Å²) in [6, 6.07) is 6.93. The van der Waals surface area contributed by atoms with Crippen LogP contribution >= 0.6 is 11.6 Å². The normalized spacial score (nSPS) is 13.5. The number of halogens is 1. The molecule has 6 heteroatoms. The molecule has 1 amide bonds. The SMILES string of the molecule is Cc1c(Cl)cccc1NC(=O)Cn1nc2c(cc1=O)CCCC2. The van der Waals surface area contributed by atoms with E-state index < -0.39 is 0 Å². The van der Waals surface area contributed by atoms with Gasteiger partial charge in [-0.2, -0.15) is 5.10 Å². The Hall–Kier alpha value is -2.14. The van der Waals surface area contributed by atoms with Gasteiger partial charge in [0.1, 0.15) is 6.54 Å². The molecule has 23 heavy (non-hydrogen) atoms. The predicted molar refractivity (Wildman–Crippen MR) is 90.0 cm³/mol. The predicted octanol–water partition coefficient (Wildman–Crippen LogP) is 2.72. The molecule has 0 radical (unpaired) electrons. The van der Waals surface area contributed by atoms with Crippen LogP contribution in [0.15, 0.2) is 29.1 Å². The van der Waals surface area contributed by atoms with Gasteiger partial charge in [0.25, 0.3) is 5.56 Å². The smallest absolute Gasteiger partial charge is 0.267 e. The third-order valence-electron chi connectivity index (χ3n) is 4.11. The average Bonchev–Trinajstić information content (AvgIpc) is 2.52. The molecule has 3 rings (SSSR count). The molecule has 0 bridgehead atoms. The van der Waals surface area contributed by atoms with Gasteiger partial charge in [0, 0.05) is 16.8 Å². The van der Waals surface area contributed by atoms with Gasteiger partial charge in [0.2, 0.25) is 5.91 Å². The summed E-state index contributed by atoms with van der Waals surface area (Å²) in [4.78, 5) is 24.3. The molecule has 0 spiro atoms. The van der Waals surface area contributed by atoms with Crippen LogP contribution in [-0.4, -0.2) is 15.7 Å². The second-order valence-corrected chi connectivity index (χ2v) is 6.19. The van der Waals surface area contributed by atoms with E-state index in [1.165, 1.54) is 4.68 Å². The van der Waals surface area contributed by atoms with Crippen molar-refractivity contribution in [2.24, 2.45) is 0 Å². The Labute approximate surface area is 139 Å². The molecule has 1 aliphatic rings. The lowest BCUT2D eigenvalue weighted by Gasteiger charge is -2.16. The van der Waals surface area contributed by atoms with Crippen molar-refractivity contribution >= 4 is 23.2 Å². The molecule has 0 fully saturated rings. The van der Waals surface area contributed by atoms with Gasteiger partial charge in [0.05, 0.1) is 5.69 Å². The fourth-order valence-electron chi connectivity index (χ4n) is 2.78. The Bertz CT molecular complexity index is 814. The Balaban J connectivity index is 1.78. The van der Waals surface area contributed by atoms with E-state index in [4.69, 9.17) is 11.6 Å². The highest BCUT2D eigenvalue weighted by Crippen LogP contribution is 2.23. The average molecular weight is 332 g/mol. The first-order valence-electron chi connectivity index (χ1n) is 7.69. The highest BCUT2D eigenvalue weighted by Gasteiger charge is 2.15. The standard InChI is InChI=1S/C17H18ClN3O2/c1-11-13(18)6-4-8-14(11)19-16(22)10-21-17(23)9-12-5-2-3-7-15(12)20-21/h4,6,8-9H,2-3,5,7,10H2,1H3,(H,19,22). The van der Waals surface area contributed by atoms with E-state index in [1.54, 1.807) is 24.3 Å². The molecule has 0 aliphatic heterocycles. The number of hydrogen-bond donors (Lipinski definition) is 1. The summed E-state index contributed by atoms with van der Waals surface area (Å²) in [5.41, 5.74) is 3.16. The first kappa shape index (κ1) is 15.7. The Kier molecular flexibility index (Phi) is 4.48. The van der Waals surface area contributed by atoms with Gasteiger partial charge in [-0.3, -0.25) is 9.59 Å². The number of benzene rings is 1. The van der Waals surface area contributed by atoms with Gasteiger partial charge in [0.15, 0.2) is 0 Å². The third kappa shape index (κ3) is 3.45. The van der Waals surface area contributed by atoms with E-state index in [9.17, 15) is 9.59 Å². The minimum atomic E-state index is -0.291. The number of nitrogens with zero attached hydrogens (tertiary/aromatic N) is 2. The van der Waals surface area contributed by atoms with Crippen molar-refractivity contribution in [2.45, 2.75) is 39.2 Å². The van der Waals surface area contributed by atoms with E-state index in [1.807, 2.05) is 6.92 Å². The van der Waals surface area contributed by atoms with Crippen LogP contribution in [-0.2, 0) is 24.2 Å². The van der Waals surface area contributed by atoms with Crippen LogP contribution in [0.4, 0.5) is 5.69 Å². The van der Waals surface area contributed by atoms with Gasteiger partial charge < -0.3 is 5.32 Å². The quantitative estimate of drug-likeness (QED) is 0.940. The summed E-state index contributed by atoms with van der Waals surface area (Å²) in [6.07, 6.45) is 3.93. The largest absolute Gasteiger partial charge is 0.324 e. The van der Waals surface area contributed by atoms with Crippen LogP contribution in [0.5, 0.6) is 0 Å². The highest BCUT2D eigenvalue weighted by molar-refractivity contribution is 6.31. The van der Waals surface area contributed by atoms with E-state index in [0.717, 1.165) is 42.5 Å². The molecule has 1 aliphatic carbocycles. The zero-order chi connectivity index (χ0) is 16.4. The lowest BCUT2D eigenvalue weighted by molar-refractivity contribution is -0.117. The molecule has 5 nitrogen and oxygen atoms in total. The first-order valence-corrected chi connectivity index (χ1v) is 8.07. The van der Waals surface area contributed by atoms with Crippen LogP contribution in [0.2, 0.25) is 5.02 Å². The molecule has 0 unspecified atom stereocenters. The van der Waals surface area contributed by atoms with Crippen molar-refractivity contribution in [2.75, 3.05) is 5.32 Å². The number of carbonyl (C=O) groups is 1. The summed E-state index contributed by atoms with van der Waals surface area (Å²) in [5, 5.41) is 7.73. The molecular weight excluding hydrogens is 314 g/mol. The Morgan fingerprint density at radius 3 is 2.96 bits per heavy atom. The minimum absolute atomic E-state index is 0.0991. The van der Waals surface area contributed by atoms with Crippen LogP contribution < -0.4 is 10.9 Å². The minimum Gasteiger partial charge on any atom is -0.324 e. The molecule has 1 aromatic carbocycles. The van der Waals surface area contributed by atoms with Crippen molar-refractivity contribution in [3.8, 4) is 0 Å². The second kappa shape index (κ2) is 6.54. The van der Waals surface area contributed by atoms with Crippen LogP contribution in [0.3, 0.4) is 0 Å². The summed E-state index contributed by atoms with van der Waals surface area (Å²) in [6.45, 7) is 1.74. The van der Waals surface area contributed by atoms with Crippen LogP contribution in [0, 0.1) is 6.92 Å². The molecule has 1 aromatic heterocycles. The zero-order valence-corrected chi connectivity index (χ0v) is 13.7. The maximum absolute atomic E-state index is 12.2. The summed E-state index contributed by atoms with van der Waals surface area (Å²) in [5.74, 6) is -0.291. The van der Waals surface area contributed by atoms with E-state index in [0.29, 0.717) is 10.7 Å². The number of anilines is 1. The number of aromatic nitrogens is 2. The molecule has 0 saturated carbocycles. The monoisotopic (exact) mass is 331 g/mol. The molecule has 0 saturated heterocycles. The Morgan fingerprint density at radius 1 is 1.35 bits per heavy atom. The fourth-order valence-corrected chi connectivity index (χ4v) is 2.96. The fraction of sp³-hybridized carbons (Fsp3) is 0.353. The summed E-state index contributed by atoms with van der Waals surface area (Å²) < 4.78 is 1.24. The van der Waals surface area contributed by atoms with E-state index in [-0.39, 0.29) is 18.0 Å². The summed E-state index contributed by atoms with van der Waals surface area (Å²) >= 11 is 6.04. The third-order valence-corrected chi connectivity index (χ3v) is 4.52. The maximum Gasteiger partial charge on any atom is 0.267 e. The van der Waals surface area contributed by atoms with E-state index >= 15 is 0 Å². The van der Waals surface area contributed by atoms with Crippen LogP contribution in [0.1, 0.15) is 29.7 Å². The number of aryl methyl sites for hydroxylation is 2. The number of rotatable bonds is 3. The number of amides is 1. The van der Waals surface area contributed by atoms with Crippen molar-refractivity contribution in [1.29, 1.82) is 0 Å². The van der Waals surface area contributed by atoms with Gasteiger partial charge in [-0.1, -0.05) is 17.7 Å². The lowest BCUT2D eigenvalue weighted by atomic mass is 9.97. The molecular formula is C17H18ClN3O2. The van der Waals surface area contributed by atoms with Crippen molar-refractivity contribution in [3.05, 3.63) is 56.5 Å². The highest BCUT2D eigenvalue weighted by atomic mass is 35.5. The number of hydrogen-bond acceptors (Lipinski definition) is 3. The molecule has 2 aromatic rings. The first-order chi connectivity index (χ1) is 11.0. The maximum atomic E-state index is 12.2. The summed E-state index contributed by atoms with van der Waals surface area (Å²) in [7, 11) is 0. The van der Waals surface area contributed by atoms with Crippen molar-refractivity contribution in [1.82, 2.24) is 9.78 Å². The van der Waals surface area contributed by atoms with E-state index in [2.05, 4.69) is 10.4 Å². The van der Waals surface area contributed by atoms with Gasteiger partial charge in [-0.05, 0) is 55.9 Å². The van der Waals surface area contributed by atoms with Gasteiger partial charge in [-0.15, -0.1) is 0 Å². The second-order valence-electron chi connectivity index (χ2n) is 5.78. The van der Waals surface area contributed by atoms with Gasteiger partial charge in [-0.25, -0.2) is 4.68 Å². The van der Waals surface area contributed by atoms with Crippen molar-refractivity contribution in [3.63, 3.8) is 0 Å².